The van der Waals surface area contributed by atoms with E-state index < -0.39 is 0 Å². The lowest BCUT2D eigenvalue weighted by Gasteiger charge is -2.09. The Balaban J connectivity index is 1.86. The zero-order valence-corrected chi connectivity index (χ0v) is 10.7. The highest BCUT2D eigenvalue weighted by Crippen LogP contribution is 2.23. The first-order chi connectivity index (χ1) is 9.25. The maximum atomic E-state index is 13.8. The summed E-state index contributed by atoms with van der Waals surface area (Å²) < 4.78 is 13.8. The van der Waals surface area contributed by atoms with Crippen LogP contribution >= 0.6 is 11.6 Å². The summed E-state index contributed by atoms with van der Waals surface area (Å²) in [7, 11) is 0. The van der Waals surface area contributed by atoms with Crippen LogP contribution in [0.3, 0.4) is 0 Å². The van der Waals surface area contributed by atoms with Crippen molar-refractivity contribution in [1.82, 2.24) is 10.2 Å². The van der Waals surface area contributed by atoms with Crippen molar-refractivity contribution >= 4 is 28.2 Å². The second kappa shape index (κ2) is 4.90. The van der Waals surface area contributed by atoms with Crippen molar-refractivity contribution < 1.29 is 4.39 Å². The fourth-order valence-electron chi connectivity index (χ4n) is 2.00. The van der Waals surface area contributed by atoms with Gasteiger partial charge in [-0.2, -0.15) is 5.10 Å². The summed E-state index contributed by atoms with van der Waals surface area (Å²) in [5.41, 5.74) is 2.38. The van der Waals surface area contributed by atoms with Gasteiger partial charge in [0.15, 0.2) is 0 Å². The molecule has 2 N–H and O–H groups in total. The fraction of sp³-hybridized carbons (Fsp3) is 0.0714. The van der Waals surface area contributed by atoms with E-state index in [0.717, 1.165) is 16.6 Å². The first-order valence-electron chi connectivity index (χ1n) is 5.84. The van der Waals surface area contributed by atoms with E-state index in [1.165, 1.54) is 6.07 Å². The van der Waals surface area contributed by atoms with E-state index in [1.54, 1.807) is 18.3 Å². The lowest BCUT2D eigenvalue weighted by Crippen LogP contribution is -2.02. The van der Waals surface area contributed by atoms with Crippen LogP contribution < -0.4 is 5.32 Å². The summed E-state index contributed by atoms with van der Waals surface area (Å²) in [6, 6.07) is 10.8. The van der Waals surface area contributed by atoms with Crippen LogP contribution in [-0.4, -0.2) is 10.2 Å². The molecule has 0 aliphatic rings. The maximum Gasteiger partial charge on any atom is 0.146 e. The van der Waals surface area contributed by atoms with Gasteiger partial charge >= 0.3 is 0 Å². The third-order valence-electron chi connectivity index (χ3n) is 2.99. The predicted octanol–water partition coefficient (Wildman–Crippen LogP) is 3.97. The summed E-state index contributed by atoms with van der Waals surface area (Å²) in [5.74, 6) is -0.379. The Morgan fingerprint density at radius 2 is 2.05 bits per heavy atom. The number of benzene rings is 2. The number of aromatic nitrogens is 2. The molecule has 0 saturated carbocycles. The van der Waals surface area contributed by atoms with Crippen molar-refractivity contribution in [2.45, 2.75) is 6.54 Å². The number of hydrogen-bond acceptors (Lipinski definition) is 2. The van der Waals surface area contributed by atoms with Crippen LogP contribution in [-0.2, 0) is 6.54 Å². The average molecular weight is 276 g/mol. The van der Waals surface area contributed by atoms with Crippen molar-refractivity contribution in [3.63, 3.8) is 0 Å². The Bertz CT molecular complexity index is 724. The van der Waals surface area contributed by atoms with Crippen LogP contribution in [0.2, 0.25) is 5.02 Å². The molecule has 96 valence electrons. The molecule has 1 heterocycles. The SMILES string of the molecule is Fc1c(Cl)cccc1CNc1cccc2[nH]ncc12. The zero-order chi connectivity index (χ0) is 13.2. The van der Waals surface area contributed by atoms with Gasteiger partial charge in [-0.15, -0.1) is 0 Å². The number of anilines is 1. The summed E-state index contributed by atoms with van der Waals surface area (Å²) in [6.07, 6.45) is 1.74. The Kier molecular flexibility index (Phi) is 3.09. The maximum absolute atomic E-state index is 13.8. The van der Waals surface area contributed by atoms with Crippen LogP contribution in [0.25, 0.3) is 10.9 Å². The average Bonchev–Trinajstić information content (AvgIpc) is 2.89. The number of halogens is 2. The van der Waals surface area contributed by atoms with E-state index in [2.05, 4.69) is 15.5 Å². The Morgan fingerprint density at radius 3 is 2.95 bits per heavy atom. The second-order valence-electron chi connectivity index (χ2n) is 4.20. The molecular formula is C14H11ClFN3. The molecule has 3 nitrogen and oxygen atoms in total. The van der Waals surface area contributed by atoms with Crippen molar-refractivity contribution in [2.75, 3.05) is 5.32 Å². The van der Waals surface area contributed by atoms with Gasteiger partial charge in [0.05, 0.1) is 16.7 Å². The number of hydrogen-bond donors (Lipinski definition) is 2. The highest BCUT2D eigenvalue weighted by Gasteiger charge is 2.07. The molecule has 0 fully saturated rings. The van der Waals surface area contributed by atoms with Crippen molar-refractivity contribution in [2.24, 2.45) is 0 Å². The summed E-state index contributed by atoms with van der Waals surface area (Å²) in [4.78, 5) is 0. The fourth-order valence-corrected chi connectivity index (χ4v) is 2.19. The Morgan fingerprint density at radius 1 is 1.21 bits per heavy atom. The number of H-pyrrole nitrogens is 1. The molecule has 0 radical (unpaired) electrons. The molecule has 0 saturated heterocycles. The highest BCUT2D eigenvalue weighted by molar-refractivity contribution is 6.30. The van der Waals surface area contributed by atoms with Crippen molar-refractivity contribution in [3.8, 4) is 0 Å². The normalized spacial score (nSPS) is 10.8. The summed E-state index contributed by atoms with van der Waals surface area (Å²) >= 11 is 5.76. The smallest absolute Gasteiger partial charge is 0.146 e. The van der Waals surface area contributed by atoms with Gasteiger partial charge in [0.1, 0.15) is 5.82 Å². The molecule has 0 spiro atoms. The summed E-state index contributed by atoms with van der Waals surface area (Å²) in [5, 5.41) is 11.2. The molecule has 2 aromatic carbocycles. The first-order valence-corrected chi connectivity index (χ1v) is 6.22. The van der Waals surface area contributed by atoms with Gasteiger partial charge in [-0.3, -0.25) is 5.10 Å². The molecule has 0 amide bonds. The van der Waals surface area contributed by atoms with Crippen LogP contribution in [0.4, 0.5) is 10.1 Å². The molecule has 0 aliphatic heterocycles. The standard InChI is InChI=1S/C14H11ClFN3/c15-11-4-1-3-9(14(11)16)7-17-12-5-2-6-13-10(12)8-18-19-13/h1-6,8,17H,7H2,(H,18,19). The highest BCUT2D eigenvalue weighted by atomic mass is 35.5. The van der Waals surface area contributed by atoms with Gasteiger partial charge in [0, 0.05) is 23.2 Å². The van der Waals surface area contributed by atoms with Gasteiger partial charge in [-0.05, 0) is 18.2 Å². The van der Waals surface area contributed by atoms with Gasteiger partial charge in [-0.25, -0.2) is 4.39 Å². The van der Waals surface area contributed by atoms with Crippen molar-refractivity contribution in [1.29, 1.82) is 0 Å². The van der Waals surface area contributed by atoms with Gasteiger partial charge in [0.2, 0.25) is 0 Å². The molecule has 0 atom stereocenters. The first kappa shape index (κ1) is 12.0. The Hall–Kier alpha value is -2.07. The number of aromatic amines is 1. The Labute approximate surface area is 114 Å². The molecule has 0 unspecified atom stereocenters. The summed E-state index contributed by atoms with van der Waals surface area (Å²) in [6.45, 7) is 0.372. The van der Waals surface area contributed by atoms with Gasteiger partial charge in [-0.1, -0.05) is 29.8 Å². The van der Waals surface area contributed by atoms with E-state index in [-0.39, 0.29) is 10.8 Å². The molecular weight excluding hydrogens is 265 g/mol. The monoisotopic (exact) mass is 275 g/mol. The molecule has 19 heavy (non-hydrogen) atoms. The minimum Gasteiger partial charge on any atom is -0.380 e. The lowest BCUT2D eigenvalue weighted by atomic mass is 10.2. The molecule has 3 rings (SSSR count). The van der Waals surface area contributed by atoms with Crippen LogP contribution in [0, 0.1) is 5.82 Å². The van der Waals surface area contributed by atoms with E-state index >= 15 is 0 Å². The van der Waals surface area contributed by atoms with E-state index in [4.69, 9.17) is 11.6 Å². The van der Waals surface area contributed by atoms with Crippen LogP contribution in [0.5, 0.6) is 0 Å². The minimum absolute atomic E-state index is 0.140. The van der Waals surface area contributed by atoms with E-state index in [0.29, 0.717) is 12.1 Å². The third-order valence-corrected chi connectivity index (χ3v) is 3.28. The largest absolute Gasteiger partial charge is 0.380 e. The number of rotatable bonds is 3. The minimum atomic E-state index is -0.379. The van der Waals surface area contributed by atoms with Crippen LogP contribution in [0.1, 0.15) is 5.56 Å². The predicted molar refractivity (Wildman–Crippen MR) is 74.8 cm³/mol. The molecule has 5 heteroatoms. The molecule has 3 aromatic rings. The topological polar surface area (TPSA) is 40.7 Å². The molecule has 0 aliphatic carbocycles. The quantitative estimate of drug-likeness (QED) is 0.759. The van der Waals surface area contributed by atoms with E-state index in [1.807, 2.05) is 18.2 Å². The number of nitrogens with zero attached hydrogens (tertiary/aromatic N) is 1. The molecule has 0 bridgehead atoms. The molecule has 1 aromatic heterocycles. The van der Waals surface area contributed by atoms with Crippen molar-refractivity contribution in [3.05, 3.63) is 59.0 Å². The number of fused-ring (bicyclic) bond motifs is 1. The van der Waals surface area contributed by atoms with E-state index in [9.17, 15) is 4.39 Å². The lowest BCUT2D eigenvalue weighted by molar-refractivity contribution is 0.613. The van der Waals surface area contributed by atoms with Gasteiger partial charge in [0.25, 0.3) is 0 Å². The third kappa shape index (κ3) is 2.27. The van der Waals surface area contributed by atoms with Crippen LogP contribution in [0.15, 0.2) is 42.6 Å². The second-order valence-corrected chi connectivity index (χ2v) is 4.61. The van der Waals surface area contributed by atoms with Gasteiger partial charge < -0.3 is 5.32 Å². The number of nitrogens with one attached hydrogen (secondary N) is 2. The zero-order valence-electron chi connectivity index (χ0n) is 9.95.